The SMILES string of the molecule is CC[C@@H]1CN(C(=O)CCc2c(C)[nH]c(=O)[nH]c2=O)CCO1. The fourth-order valence-corrected chi connectivity index (χ4v) is 2.51. The molecule has 1 aromatic heterocycles. The third-order valence-corrected chi connectivity index (χ3v) is 3.79. The van der Waals surface area contributed by atoms with Crippen molar-refractivity contribution in [2.45, 2.75) is 39.2 Å². The fraction of sp³-hybridized carbons (Fsp3) is 0.643. The lowest BCUT2D eigenvalue weighted by Crippen LogP contribution is -2.45. The highest BCUT2D eigenvalue weighted by Gasteiger charge is 2.23. The van der Waals surface area contributed by atoms with Gasteiger partial charge in [-0.2, -0.15) is 0 Å². The summed E-state index contributed by atoms with van der Waals surface area (Å²) < 4.78 is 5.53. The maximum absolute atomic E-state index is 12.2. The van der Waals surface area contributed by atoms with Crippen molar-refractivity contribution in [3.8, 4) is 0 Å². The number of rotatable bonds is 4. The van der Waals surface area contributed by atoms with Gasteiger partial charge >= 0.3 is 5.69 Å². The monoisotopic (exact) mass is 295 g/mol. The molecule has 0 radical (unpaired) electrons. The summed E-state index contributed by atoms with van der Waals surface area (Å²) in [6.07, 6.45) is 1.56. The summed E-state index contributed by atoms with van der Waals surface area (Å²) >= 11 is 0. The van der Waals surface area contributed by atoms with E-state index in [1.807, 2.05) is 6.92 Å². The van der Waals surface area contributed by atoms with Gasteiger partial charge in [-0.05, 0) is 19.8 Å². The maximum Gasteiger partial charge on any atom is 0.325 e. The first-order valence-electron chi connectivity index (χ1n) is 7.22. The molecule has 0 aliphatic carbocycles. The van der Waals surface area contributed by atoms with Gasteiger partial charge in [0.2, 0.25) is 5.91 Å². The van der Waals surface area contributed by atoms with Gasteiger partial charge in [-0.3, -0.25) is 14.6 Å². The molecule has 1 aliphatic rings. The summed E-state index contributed by atoms with van der Waals surface area (Å²) in [6.45, 7) is 5.45. The number of amides is 1. The van der Waals surface area contributed by atoms with Crippen LogP contribution in [0.1, 0.15) is 31.0 Å². The zero-order valence-corrected chi connectivity index (χ0v) is 12.4. The van der Waals surface area contributed by atoms with Crippen molar-refractivity contribution in [1.29, 1.82) is 0 Å². The smallest absolute Gasteiger partial charge is 0.325 e. The zero-order chi connectivity index (χ0) is 15.4. The number of hydrogen-bond donors (Lipinski definition) is 2. The number of nitrogens with zero attached hydrogens (tertiary/aromatic N) is 1. The highest BCUT2D eigenvalue weighted by molar-refractivity contribution is 5.76. The van der Waals surface area contributed by atoms with Gasteiger partial charge in [0.25, 0.3) is 5.56 Å². The molecule has 0 aromatic carbocycles. The molecule has 2 N–H and O–H groups in total. The number of aromatic amines is 2. The van der Waals surface area contributed by atoms with E-state index in [2.05, 4.69) is 9.97 Å². The molecule has 1 aromatic rings. The summed E-state index contributed by atoms with van der Waals surface area (Å²) in [4.78, 5) is 41.6. The van der Waals surface area contributed by atoms with Gasteiger partial charge in [0.1, 0.15) is 0 Å². The molecule has 1 saturated heterocycles. The summed E-state index contributed by atoms with van der Waals surface area (Å²) in [5.74, 6) is 0.0155. The number of ether oxygens (including phenoxy) is 1. The van der Waals surface area contributed by atoms with Crippen LogP contribution in [-0.2, 0) is 16.0 Å². The average molecular weight is 295 g/mol. The Morgan fingerprint density at radius 2 is 2.14 bits per heavy atom. The Balaban J connectivity index is 1.98. The molecule has 1 amide bonds. The van der Waals surface area contributed by atoms with Crippen molar-refractivity contribution < 1.29 is 9.53 Å². The van der Waals surface area contributed by atoms with Crippen molar-refractivity contribution in [2.24, 2.45) is 0 Å². The predicted octanol–water partition coefficient (Wildman–Crippen LogP) is -0.0584. The standard InChI is InChI=1S/C14H21N3O4/c1-3-10-8-17(6-7-21-10)12(18)5-4-11-9(2)15-14(20)16-13(11)19/h10H,3-8H2,1-2H3,(H2,15,16,19,20)/t10-/m1/s1. The van der Waals surface area contributed by atoms with Crippen molar-refractivity contribution in [1.82, 2.24) is 14.9 Å². The molecule has 2 rings (SSSR count). The molecular formula is C14H21N3O4. The molecule has 0 bridgehead atoms. The summed E-state index contributed by atoms with van der Waals surface area (Å²) in [7, 11) is 0. The van der Waals surface area contributed by atoms with Crippen LogP contribution in [0.5, 0.6) is 0 Å². The molecule has 7 heteroatoms. The van der Waals surface area contributed by atoms with Gasteiger partial charge in [-0.1, -0.05) is 6.92 Å². The van der Waals surface area contributed by atoms with E-state index >= 15 is 0 Å². The number of hydrogen-bond acceptors (Lipinski definition) is 4. The lowest BCUT2D eigenvalue weighted by molar-refractivity contribution is -0.138. The summed E-state index contributed by atoms with van der Waals surface area (Å²) in [6, 6.07) is 0. The van der Waals surface area contributed by atoms with Crippen LogP contribution in [0.4, 0.5) is 0 Å². The van der Waals surface area contributed by atoms with Crippen LogP contribution in [-0.4, -0.2) is 46.6 Å². The number of nitrogens with one attached hydrogen (secondary N) is 2. The molecule has 7 nitrogen and oxygen atoms in total. The zero-order valence-electron chi connectivity index (χ0n) is 12.4. The Bertz CT molecular complexity index is 619. The van der Waals surface area contributed by atoms with E-state index < -0.39 is 11.2 Å². The van der Waals surface area contributed by atoms with Gasteiger partial charge in [0.15, 0.2) is 0 Å². The van der Waals surface area contributed by atoms with Crippen molar-refractivity contribution >= 4 is 5.91 Å². The van der Waals surface area contributed by atoms with Crippen LogP contribution in [0, 0.1) is 6.92 Å². The second-order valence-corrected chi connectivity index (χ2v) is 5.25. The number of aryl methyl sites for hydroxylation is 1. The minimum absolute atomic E-state index is 0.0155. The van der Waals surface area contributed by atoms with E-state index in [1.54, 1.807) is 11.8 Å². The molecule has 1 fully saturated rings. The van der Waals surface area contributed by atoms with Crippen LogP contribution in [0.15, 0.2) is 9.59 Å². The second kappa shape index (κ2) is 6.71. The number of H-pyrrole nitrogens is 2. The van der Waals surface area contributed by atoms with E-state index in [1.165, 1.54) is 0 Å². The lowest BCUT2D eigenvalue weighted by atomic mass is 10.1. The predicted molar refractivity (Wildman–Crippen MR) is 77.4 cm³/mol. The Morgan fingerprint density at radius 1 is 1.38 bits per heavy atom. The molecular weight excluding hydrogens is 274 g/mol. The van der Waals surface area contributed by atoms with Crippen LogP contribution in [0.3, 0.4) is 0 Å². The van der Waals surface area contributed by atoms with E-state index in [9.17, 15) is 14.4 Å². The molecule has 0 saturated carbocycles. The third kappa shape index (κ3) is 3.81. The second-order valence-electron chi connectivity index (χ2n) is 5.25. The van der Waals surface area contributed by atoms with Crippen molar-refractivity contribution in [2.75, 3.05) is 19.7 Å². The van der Waals surface area contributed by atoms with E-state index in [4.69, 9.17) is 4.74 Å². The summed E-state index contributed by atoms with van der Waals surface area (Å²) in [5.41, 5.74) is 0.0391. The highest BCUT2D eigenvalue weighted by Crippen LogP contribution is 2.10. The van der Waals surface area contributed by atoms with Gasteiger partial charge in [-0.15, -0.1) is 0 Å². The van der Waals surface area contributed by atoms with Crippen LogP contribution >= 0.6 is 0 Å². The number of aromatic nitrogens is 2. The quantitative estimate of drug-likeness (QED) is 0.813. The Kier molecular flexibility index (Phi) is 4.95. The fourth-order valence-electron chi connectivity index (χ4n) is 2.51. The highest BCUT2D eigenvalue weighted by atomic mass is 16.5. The maximum atomic E-state index is 12.2. The van der Waals surface area contributed by atoms with Gasteiger partial charge < -0.3 is 14.6 Å². The Hall–Kier alpha value is -1.89. The van der Waals surface area contributed by atoms with Crippen LogP contribution in [0.25, 0.3) is 0 Å². The van der Waals surface area contributed by atoms with Crippen LogP contribution in [0.2, 0.25) is 0 Å². The average Bonchev–Trinajstić information content (AvgIpc) is 2.46. The normalized spacial score (nSPS) is 18.8. The van der Waals surface area contributed by atoms with E-state index in [0.29, 0.717) is 37.4 Å². The molecule has 1 atom stereocenters. The first-order chi connectivity index (χ1) is 10.0. The van der Waals surface area contributed by atoms with Gasteiger partial charge in [0.05, 0.1) is 12.7 Å². The third-order valence-electron chi connectivity index (χ3n) is 3.79. The Labute approximate surface area is 122 Å². The molecule has 1 aliphatic heterocycles. The van der Waals surface area contributed by atoms with E-state index in [0.717, 1.165) is 6.42 Å². The molecule has 0 spiro atoms. The first-order valence-corrected chi connectivity index (χ1v) is 7.22. The number of morpholine rings is 1. The molecule has 116 valence electrons. The minimum Gasteiger partial charge on any atom is -0.375 e. The van der Waals surface area contributed by atoms with Crippen LogP contribution < -0.4 is 11.2 Å². The Morgan fingerprint density at radius 3 is 2.81 bits per heavy atom. The molecule has 0 unspecified atom stereocenters. The summed E-state index contributed by atoms with van der Waals surface area (Å²) in [5, 5.41) is 0. The molecule has 21 heavy (non-hydrogen) atoms. The van der Waals surface area contributed by atoms with Crippen molar-refractivity contribution in [3.05, 3.63) is 32.1 Å². The molecule has 2 heterocycles. The van der Waals surface area contributed by atoms with Crippen molar-refractivity contribution in [3.63, 3.8) is 0 Å². The number of carbonyl (C=O) groups excluding carboxylic acids is 1. The topological polar surface area (TPSA) is 95.3 Å². The number of carbonyl (C=O) groups is 1. The van der Waals surface area contributed by atoms with Gasteiger partial charge in [0, 0.05) is 30.8 Å². The largest absolute Gasteiger partial charge is 0.375 e. The van der Waals surface area contributed by atoms with Gasteiger partial charge in [-0.25, -0.2) is 4.79 Å². The minimum atomic E-state index is -0.522. The van der Waals surface area contributed by atoms with E-state index in [-0.39, 0.29) is 18.4 Å². The first kappa shape index (κ1) is 15.5. The lowest BCUT2D eigenvalue weighted by Gasteiger charge is -2.32.